The number of rotatable bonds is 3. The summed E-state index contributed by atoms with van der Waals surface area (Å²) in [6.45, 7) is 4.04. The first-order valence-electron chi connectivity index (χ1n) is 7.21. The molecule has 8 heteroatoms. The first kappa shape index (κ1) is 14.9. The summed E-state index contributed by atoms with van der Waals surface area (Å²) in [4.78, 5) is 10.9. The van der Waals surface area contributed by atoms with Crippen molar-refractivity contribution in [1.29, 1.82) is 0 Å². The number of aryl methyl sites for hydroxylation is 2. The van der Waals surface area contributed by atoms with Crippen LogP contribution in [-0.2, 0) is 6.61 Å². The molecular weight excluding hydrogens is 334 g/mol. The highest BCUT2D eigenvalue weighted by Gasteiger charge is 2.15. The third kappa shape index (κ3) is 2.39. The van der Waals surface area contributed by atoms with Gasteiger partial charge < -0.3 is 4.74 Å². The molecule has 0 fully saturated rings. The van der Waals surface area contributed by atoms with Crippen molar-refractivity contribution >= 4 is 27.2 Å². The second-order valence-corrected chi connectivity index (χ2v) is 6.57. The Morgan fingerprint density at radius 1 is 1.25 bits per heavy atom. The molecule has 0 aliphatic rings. The molecule has 0 amide bonds. The number of ether oxygens (including phenoxy) is 1. The number of halogens is 2. The summed E-state index contributed by atoms with van der Waals surface area (Å²) in [5, 5.41) is 5.27. The van der Waals surface area contributed by atoms with Crippen LogP contribution in [0.2, 0.25) is 0 Å². The summed E-state index contributed by atoms with van der Waals surface area (Å²) < 4.78 is 33.5. The average Bonchev–Trinajstić information content (AvgIpc) is 3.07. The highest BCUT2D eigenvalue weighted by atomic mass is 32.1. The Bertz CT molecular complexity index is 1070. The zero-order valence-corrected chi connectivity index (χ0v) is 13.7. The predicted octanol–water partition coefficient (Wildman–Crippen LogP) is 3.81. The lowest BCUT2D eigenvalue weighted by molar-refractivity contribution is 0.280. The van der Waals surface area contributed by atoms with Gasteiger partial charge in [-0.05, 0) is 31.5 Å². The van der Waals surface area contributed by atoms with Crippen LogP contribution in [0.15, 0.2) is 24.5 Å². The fourth-order valence-electron chi connectivity index (χ4n) is 2.48. The third-order valence-electron chi connectivity index (χ3n) is 3.80. The molecule has 1 aromatic carbocycles. The maximum Gasteiger partial charge on any atom is 0.189 e. The van der Waals surface area contributed by atoms with Crippen LogP contribution in [0.4, 0.5) is 8.78 Å². The number of fused-ring (bicyclic) bond motifs is 3. The van der Waals surface area contributed by atoms with Gasteiger partial charge >= 0.3 is 0 Å². The molecule has 122 valence electrons. The summed E-state index contributed by atoms with van der Waals surface area (Å²) in [7, 11) is 0. The minimum absolute atomic E-state index is 0.0199. The van der Waals surface area contributed by atoms with E-state index in [1.54, 1.807) is 22.2 Å². The number of nitrogens with zero attached hydrogens (tertiary/aromatic N) is 4. The Morgan fingerprint density at radius 2 is 2.08 bits per heavy atom. The molecule has 0 radical (unpaired) electrons. The van der Waals surface area contributed by atoms with Crippen molar-refractivity contribution in [3.8, 4) is 5.75 Å². The van der Waals surface area contributed by atoms with Gasteiger partial charge in [0, 0.05) is 10.9 Å². The molecule has 3 heterocycles. The minimum Gasteiger partial charge on any atom is -0.482 e. The van der Waals surface area contributed by atoms with Crippen molar-refractivity contribution < 1.29 is 13.5 Å². The first-order chi connectivity index (χ1) is 11.5. The van der Waals surface area contributed by atoms with E-state index in [0.29, 0.717) is 11.5 Å². The number of aromatic nitrogens is 4. The van der Waals surface area contributed by atoms with Gasteiger partial charge in [-0.2, -0.15) is 0 Å². The number of hydrogen-bond donors (Lipinski definition) is 0. The van der Waals surface area contributed by atoms with E-state index in [4.69, 9.17) is 4.74 Å². The van der Waals surface area contributed by atoms with Crippen LogP contribution >= 0.6 is 11.3 Å². The van der Waals surface area contributed by atoms with Crippen LogP contribution in [0.1, 0.15) is 16.3 Å². The largest absolute Gasteiger partial charge is 0.482 e. The number of benzene rings is 1. The van der Waals surface area contributed by atoms with E-state index in [0.717, 1.165) is 27.9 Å². The van der Waals surface area contributed by atoms with Crippen LogP contribution in [0.5, 0.6) is 5.75 Å². The molecule has 5 nitrogen and oxygen atoms in total. The van der Waals surface area contributed by atoms with Gasteiger partial charge in [0.2, 0.25) is 0 Å². The SMILES string of the molecule is Cc1sc2ncn3nc(COc4ccc(F)cc4F)nc3c2c1C. The fourth-order valence-corrected chi connectivity index (χ4v) is 3.48. The molecule has 0 aliphatic heterocycles. The van der Waals surface area contributed by atoms with Crippen LogP contribution in [-0.4, -0.2) is 19.6 Å². The Kier molecular flexibility index (Phi) is 3.42. The molecule has 3 aromatic heterocycles. The Morgan fingerprint density at radius 3 is 2.88 bits per heavy atom. The predicted molar refractivity (Wildman–Crippen MR) is 86.3 cm³/mol. The van der Waals surface area contributed by atoms with Crippen LogP contribution in [0, 0.1) is 25.5 Å². The second-order valence-electron chi connectivity index (χ2n) is 5.37. The molecule has 0 saturated carbocycles. The quantitative estimate of drug-likeness (QED) is 0.566. The molecule has 0 saturated heterocycles. The Labute approximate surface area is 139 Å². The summed E-state index contributed by atoms with van der Waals surface area (Å²) in [5.74, 6) is -1.05. The topological polar surface area (TPSA) is 52.3 Å². The zero-order valence-electron chi connectivity index (χ0n) is 12.9. The molecule has 0 bridgehead atoms. The summed E-state index contributed by atoms with van der Waals surface area (Å²) in [6, 6.07) is 3.16. The van der Waals surface area contributed by atoms with Gasteiger partial charge in [-0.3, -0.25) is 0 Å². The van der Waals surface area contributed by atoms with Crippen LogP contribution in [0.3, 0.4) is 0 Å². The summed E-state index contributed by atoms with van der Waals surface area (Å²) in [5.41, 5.74) is 1.82. The van der Waals surface area contributed by atoms with Crippen molar-refractivity contribution in [2.75, 3.05) is 0 Å². The average molecular weight is 346 g/mol. The van der Waals surface area contributed by atoms with Crippen molar-refractivity contribution in [2.45, 2.75) is 20.5 Å². The second kappa shape index (κ2) is 5.48. The number of thiophene rings is 1. The van der Waals surface area contributed by atoms with Gasteiger partial charge in [0.25, 0.3) is 0 Å². The van der Waals surface area contributed by atoms with Gasteiger partial charge in [0.15, 0.2) is 23.0 Å². The highest BCUT2D eigenvalue weighted by molar-refractivity contribution is 7.18. The van der Waals surface area contributed by atoms with Gasteiger partial charge in [-0.25, -0.2) is 23.3 Å². The van der Waals surface area contributed by atoms with E-state index < -0.39 is 11.6 Å². The van der Waals surface area contributed by atoms with E-state index in [2.05, 4.69) is 15.1 Å². The molecule has 4 rings (SSSR count). The van der Waals surface area contributed by atoms with E-state index in [1.807, 2.05) is 13.8 Å². The monoisotopic (exact) mass is 346 g/mol. The standard InChI is InChI=1S/C16H12F2N4OS/c1-8-9(2)24-16-14(8)15-20-13(21-22(15)7-19-16)6-23-12-4-3-10(17)5-11(12)18/h3-5,7H,6H2,1-2H3. The molecule has 0 N–H and O–H groups in total. The summed E-state index contributed by atoms with van der Waals surface area (Å²) >= 11 is 1.61. The highest BCUT2D eigenvalue weighted by Crippen LogP contribution is 2.30. The van der Waals surface area contributed by atoms with Crippen molar-refractivity contribution in [3.05, 3.63) is 52.4 Å². The van der Waals surface area contributed by atoms with Crippen LogP contribution in [0.25, 0.3) is 15.9 Å². The van der Waals surface area contributed by atoms with E-state index in [-0.39, 0.29) is 12.4 Å². The molecular formula is C16H12F2N4OS. The Hall–Kier alpha value is -2.61. The smallest absolute Gasteiger partial charge is 0.189 e. The van der Waals surface area contributed by atoms with Gasteiger partial charge in [-0.15, -0.1) is 16.4 Å². The minimum atomic E-state index is -0.757. The van der Waals surface area contributed by atoms with E-state index in [9.17, 15) is 8.78 Å². The maximum absolute atomic E-state index is 13.6. The van der Waals surface area contributed by atoms with Gasteiger partial charge in [0.1, 0.15) is 23.6 Å². The Balaban J connectivity index is 1.69. The van der Waals surface area contributed by atoms with E-state index in [1.165, 1.54) is 10.9 Å². The van der Waals surface area contributed by atoms with Crippen molar-refractivity contribution in [1.82, 2.24) is 19.6 Å². The lowest BCUT2D eigenvalue weighted by Crippen LogP contribution is -2.00. The molecule has 4 aromatic rings. The normalized spacial score (nSPS) is 11.5. The zero-order chi connectivity index (χ0) is 16.8. The van der Waals surface area contributed by atoms with Crippen molar-refractivity contribution in [2.24, 2.45) is 0 Å². The van der Waals surface area contributed by atoms with Crippen LogP contribution < -0.4 is 4.74 Å². The van der Waals surface area contributed by atoms with Gasteiger partial charge in [0.05, 0.1) is 5.39 Å². The molecule has 24 heavy (non-hydrogen) atoms. The van der Waals surface area contributed by atoms with E-state index >= 15 is 0 Å². The number of hydrogen-bond acceptors (Lipinski definition) is 5. The first-order valence-corrected chi connectivity index (χ1v) is 8.02. The lowest BCUT2D eigenvalue weighted by atomic mass is 10.2. The van der Waals surface area contributed by atoms with Crippen molar-refractivity contribution in [3.63, 3.8) is 0 Å². The maximum atomic E-state index is 13.6. The molecule has 0 unspecified atom stereocenters. The molecule has 0 atom stereocenters. The fraction of sp³-hybridized carbons (Fsp3) is 0.188. The van der Waals surface area contributed by atoms with Gasteiger partial charge in [-0.1, -0.05) is 0 Å². The third-order valence-corrected chi connectivity index (χ3v) is 4.92. The molecule has 0 spiro atoms. The summed E-state index contributed by atoms with van der Waals surface area (Å²) in [6.07, 6.45) is 1.60. The molecule has 0 aliphatic carbocycles. The lowest BCUT2D eigenvalue weighted by Gasteiger charge is -2.04.